The summed E-state index contributed by atoms with van der Waals surface area (Å²) in [5, 5.41) is 3.09. The van der Waals surface area contributed by atoms with Gasteiger partial charge in [0.15, 0.2) is 5.82 Å². The van der Waals surface area contributed by atoms with Gasteiger partial charge in [0, 0.05) is 30.5 Å². The van der Waals surface area contributed by atoms with Crippen LogP contribution in [-0.4, -0.2) is 29.0 Å². The Balaban J connectivity index is 1.47. The summed E-state index contributed by atoms with van der Waals surface area (Å²) in [5.41, 5.74) is 4.27. The lowest BCUT2D eigenvalue weighted by atomic mass is 9.97. The third-order valence-electron chi connectivity index (χ3n) is 5.56. The molecule has 4 rings (SSSR count). The Hall–Kier alpha value is -3.21. The van der Waals surface area contributed by atoms with E-state index < -0.39 is 0 Å². The Kier molecular flexibility index (Phi) is 5.56. The van der Waals surface area contributed by atoms with Gasteiger partial charge in [0.2, 0.25) is 5.91 Å². The number of amides is 1. The topological polar surface area (TPSA) is 58.1 Å². The van der Waals surface area contributed by atoms with Crippen LogP contribution in [0.25, 0.3) is 11.4 Å². The normalized spacial score (nSPS) is 16.5. The number of carbonyl (C=O) groups excluding carboxylic acids is 1. The van der Waals surface area contributed by atoms with Crippen LogP contribution in [0.2, 0.25) is 0 Å². The van der Waals surface area contributed by atoms with Crippen LogP contribution < -0.4 is 10.2 Å². The molecule has 0 saturated carbocycles. The van der Waals surface area contributed by atoms with E-state index in [1.807, 2.05) is 54.6 Å². The predicted octanol–water partition coefficient (Wildman–Crippen LogP) is 4.62. The maximum atomic E-state index is 12.9. The molecule has 0 aliphatic carbocycles. The van der Waals surface area contributed by atoms with Gasteiger partial charge in [-0.2, -0.15) is 0 Å². The molecule has 0 bridgehead atoms. The van der Waals surface area contributed by atoms with Crippen molar-refractivity contribution >= 4 is 17.4 Å². The first-order valence-electron chi connectivity index (χ1n) is 10.1. The molecule has 0 spiro atoms. The molecular weight excluding hydrogens is 360 g/mol. The van der Waals surface area contributed by atoms with Crippen LogP contribution in [0.1, 0.15) is 24.0 Å². The molecule has 1 amide bonds. The van der Waals surface area contributed by atoms with Gasteiger partial charge in [0.1, 0.15) is 5.82 Å². The summed E-state index contributed by atoms with van der Waals surface area (Å²) < 4.78 is 0. The van der Waals surface area contributed by atoms with E-state index in [0.717, 1.165) is 36.5 Å². The summed E-state index contributed by atoms with van der Waals surface area (Å²) in [4.78, 5) is 24.2. The Bertz CT molecular complexity index is 1000. The minimum Gasteiger partial charge on any atom is -0.356 e. The molecule has 1 N–H and O–H groups in total. The average molecular weight is 386 g/mol. The van der Waals surface area contributed by atoms with Gasteiger partial charge in [-0.15, -0.1) is 0 Å². The van der Waals surface area contributed by atoms with Crippen LogP contribution >= 0.6 is 0 Å². The van der Waals surface area contributed by atoms with E-state index in [1.54, 1.807) is 6.20 Å². The van der Waals surface area contributed by atoms with Gasteiger partial charge in [-0.3, -0.25) is 4.79 Å². The van der Waals surface area contributed by atoms with Gasteiger partial charge in [-0.1, -0.05) is 36.4 Å². The zero-order chi connectivity index (χ0) is 20.2. The molecule has 1 aliphatic rings. The van der Waals surface area contributed by atoms with Crippen molar-refractivity contribution in [2.75, 3.05) is 23.3 Å². The number of carbonyl (C=O) groups is 1. The minimum absolute atomic E-state index is 0.0551. The summed E-state index contributed by atoms with van der Waals surface area (Å²) in [5.74, 6) is 1.61. The van der Waals surface area contributed by atoms with Crippen molar-refractivity contribution in [3.8, 4) is 11.4 Å². The number of nitrogens with one attached hydrogen (secondary N) is 1. The van der Waals surface area contributed by atoms with Crippen LogP contribution in [0.4, 0.5) is 11.5 Å². The van der Waals surface area contributed by atoms with Gasteiger partial charge >= 0.3 is 0 Å². The van der Waals surface area contributed by atoms with Crippen molar-refractivity contribution in [3.05, 3.63) is 71.9 Å². The molecule has 1 saturated heterocycles. The van der Waals surface area contributed by atoms with E-state index in [-0.39, 0.29) is 11.8 Å². The first-order valence-corrected chi connectivity index (χ1v) is 10.1. The fourth-order valence-corrected chi connectivity index (χ4v) is 3.71. The van der Waals surface area contributed by atoms with Crippen molar-refractivity contribution in [3.63, 3.8) is 0 Å². The molecule has 1 fully saturated rings. The molecule has 2 aromatic carbocycles. The Labute approximate surface area is 171 Å². The number of hydrogen-bond acceptors (Lipinski definition) is 4. The number of aryl methyl sites for hydroxylation is 2. The predicted molar refractivity (Wildman–Crippen MR) is 117 cm³/mol. The smallest absolute Gasteiger partial charge is 0.229 e. The monoisotopic (exact) mass is 386 g/mol. The largest absolute Gasteiger partial charge is 0.356 e. The molecular formula is C24H26N4O. The molecule has 1 aromatic heterocycles. The van der Waals surface area contributed by atoms with Gasteiger partial charge in [0.05, 0.1) is 5.92 Å². The first-order chi connectivity index (χ1) is 14.1. The maximum Gasteiger partial charge on any atom is 0.229 e. The Morgan fingerprint density at radius 2 is 1.90 bits per heavy atom. The van der Waals surface area contributed by atoms with Crippen LogP contribution in [-0.2, 0) is 4.79 Å². The second-order valence-electron chi connectivity index (χ2n) is 7.68. The Morgan fingerprint density at radius 1 is 1.07 bits per heavy atom. The summed E-state index contributed by atoms with van der Waals surface area (Å²) in [6.07, 6.45) is 3.66. The molecule has 3 aromatic rings. The van der Waals surface area contributed by atoms with E-state index >= 15 is 0 Å². The number of aromatic nitrogens is 2. The molecule has 2 heterocycles. The van der Waals surface area contributed by atoms with Crippen molar-refractivity contribution in [1.82, 2.24) is 9.97 Å². The summed E-state index contributed by atoms with van der Waals surface area (Å²) in [7, 11) is 0. The quantitative estimate of drug-likeness (QED) is 0.711. The standard InChI is InChI=1S/C24H26N4O/c1-17-10-11-21(15-18(17)2)26-24(29)20-9-6-14-28(16-20)22-12-13-25-23(27-22)19-7-4-3-5-8-19/h3-5,7-8,10-13,15,20H,6,9,14,16H2,1-2H3,(H,26,29). The van der Waals surface area contributed by atoms with Crippen LogP contribution in [0.15, 0.2) is 60.8 Å². The summed E-state index contributed by atoms with van der Waals surface area (Å²) in [6, 6.07) is 17.9. The van der Waals surface area contributed by atoms with Gasteiger partial charge in [0.25, 0.3) is 0 Å². The van der Waals surface area contributed by atoms with Crippen molar-refractivity contribution in [1.29, 1.82) is 0 Å². The second-order valence-corrected chi connectivity index (χ2v) is 7.68. The number of rotatable bonds is 4. The summed E-state index contributed by atoms with van der Waals surface area (Å²) in [6.45, 7) is 5.71. The number of anilines is 2. The molecule has 1 unspecified atom stereocenters. The highest BCUT2D eigenvalue weighted by Crippen LogP contribution is 2.25. The number of benzene rings is 2. The number of hydrogen-bond donors (Lipinski definition) is 1. The number of nitrogens with zero attached hydrogens (tertiary/aromatic N) is 3. The third-order valence-corrected chi connectivity index (χ3v) is 5.56. The highest BCUT2D eigenvalue weighted by molar-refractivity contribution is 5.93. The highest BCUT2D eigenvalue weighted by atomic mass is 16.1. The molecule has 5 heteroatoms. The average Bonchev–Trinajstić information content (AvgIpc) is 2.77. The van der Waals surface area contributed by atoms with Gasteiger partial charge in [-0.05, 0) is 56.0 Å². The molecule has 29 heavy (non-hydrogen) atoms. The number of piperidine rings is 1. The van der Waals surface area contributed by atoms with E-state index in [9.17, 15) is 4.79 Å². The summed E-state index contributed by atoms with van der Waals surface area (Å²) >= 11 is 0. The third kappa shape index (κ3) is 4.45. The van der Waals surface area contributed by atoms with E-state index in [0.29, 0.717) is 12.4 Å². The maximum absolute atomic E-state index is 12.9. The van der Waals surface area contributed by atoms with E-state index in [1.165, 1.54) is 11.1 Å². The minimum atomic E-state index is -0.0551. The fourth-order valence-electron chi connectivity index (χ4n) is 3.71. The fraction of sp³-hybridized carbons (Fsp3) is 0.292. The van der Waals surface area contributed by atoms with Crippen molar-refractivity contribution in [2.45, 2.75) is 26.7 Å². The lowest BCUT2D eigenvalue weighted by Crippen LogP contribution is -2.41. The zero-order valence-electron chi connectivity index (χ0n) is 16.9. The van der Waals surface area contributed by atoms with Gasteiger partial charge in [-0.25, -0.2) is 9.97 Å². The lowest BCUT2D eigenvalue weighted by Gasteiger charge is -2.33. The van der Waals surface area contributed by atoms with Crippen molar-refractivity contribution < 1.29 is 4.79 Å². The van der Waals surface area contributed by atoms with E-state index in [2.05, 4.69) is 29.0 Å². The molecule has 1 atom stereocenters. The lowest BCUT2D eigenvalue weighted by molar-refractivity contribution is -0.120. The molecule has 0 radical (unpaired) electrons. The van der Waals surface area contributed by atoms with Crippen LogP contribution in [0.5, 0.6) is 0 Å². The zero-order valence-corrected chi connectivity index (χ0v) is 16.9. The Morgan fingerprint density at radius 3 is 2.69 bits per heavy atom. The molecule has 5 nitrogen and oxygen atoms in total. The molecule has 1 aliphatic heterocycles. The van der Waals surface area contributed by atoms with Crippen molar-refractivity contribution in [2.24, 2.45) is 5.92 Å². The van der Waals surface area contributed by atoms with E-state index in [4.69, 9.17) is 4.98 Å². The first kappa shape index (κ1) is 19.1. The second kappa shape index (κ2) is 8.43. The van der Waals surface area contributed by atoms with Crippen LogP contribution in [0.3, 0.4) is 0 Å². The molecule has 148 valence electrons. The van der Waals surface area contributed by atoms with Gasteiger partial charge < -0.3 is 10.2 Å². The highest BCUT2D eigenvalue weighted by Gasteiger charge is 2.27. The van der Waals surface area contributed by atoms with Crippen LogP contribution in [0, 0.1) is 19.8 Å². The SMILES string of the molecule is Cc1ccc(NC(=O)C2CCCN(c3ccnc(-c4ccccc4)n3)C2)cc1C.